The topological polar surface area (TPSA) is 48.0 Å². The Hall–Kier alpha value is -2.64. The second kappa shape index (κ2) is 12.5. The van der Waals surface area contributed by atoms with Crippen molar-refractivity contribution < 1.29 is 13.9 Å². The Morgan fingerprint density at radius 1 is 0.976 bits per heavy atom. The number of anilines is 2. The van der Waals surface area contributed by atoms with Gasteiger partial charge in [0.25, 0.3) is 0 Å². The summed E-state index contributed by atoms with van der Waals surface area (Å²) in [5.74, 6) is 0.138. The zero-order valence-electron chi connectivity index (χ0n) is 25.8. The van der Waals surface area contributed by atoms with Crippen molar-refractivity contribution in [2.45, 2.75) is 102 Å². The number of hydrogen-bond donors (Lipinski definition) is 1. The van der Waals surface area contributed by atoms with Crippen LogP contribution in [0.15, 0.2) is 42.5 Å². The number of urea groups is 1. The second-order valence-electron chi connectivity index (χ2n) is 14.1. The van der Waals surface area contributed by atoms with Crippen LogP contribution in [0.1, 0.15) is 83.3 Å². The summed E-state index contributed by atoms with van der Waals surface area (Å²) in [7, 11) is 0. The van der Waals surface area contributed by atoms with Gasteiger partial charge in [-0.15, -0.1) is 0 Å². The molecule has 0 radical (unpaired) electrons. The maximum Gasteiger partial charge on any atom is 0.322 e. The molecule has 2 bridgehead atoms. The summed E-state index contributed by atoms with van der Waals surface area (Å²) < 4.78 is 20.9. The molecule has 2 aromatic rings. The van der Waals surface area contributed by atoms with E-state index in [1.165, 1.54) is 24.0 Å². The summed E-state index contributed by atoms with van der Waals surface area (Å²) in [6, 6.07) is 15.8. The van der Waals surface area contributed by atoms with Crippen LogP contribution in [0.2, 0.25) is 0 Å². The third-order valence-corrected chi connectivity index (χ3v) is 10.1. The van der Waals surface area contributed by atoms with Crippen molar-refractivity contribution in [3.05, 3.63) is 59.4 Å². The van der Waals surface area contributed by atoms with E-state index in [2.05, 4.69) is 55.3 Å². The molecule has 1 saturated carbocycles. The smallest absolute Gasteiger partial charge is 0.322 e. The van der Waals surface area contributed by atoms with Crippen LogP contribution in [0.5, 0.6) is 0 Å². The Kier molecular flexibility index (Phi) is 8.78. The van der Waals surface area contributed by atoms with Gasteiger partial charge in [-0.25, -0.2) is 9.18 Å². The number of halogens is 1. The van der Waals surface area contributed by atoms with Gasteiger partial charge in [0.05, 0.1) is 18.9 Å². The first-order valence-corrected chi connectivity index (χ1v) is 16.3. The molecule has 3 aliphatic heterocycles. The Labute approximate surface area is 251 Å². The average Bonchev–Trinajstić information content (AvgIpc) is 3.56. The van der Waals surface area contributed by atoms with Crippen LogP contribution in [0, 0.1) is 11.7 Å². The van der Waals surface area contributed by atoms with E-state index in [1.54, 1.807) is 6.07 Å². The Morgan fingerprint density at radius 3 is 2.26 bits per heavy atom. The number of piperidine rings is 1. The number of carbonyl (C=O) groups is 1. The first-order valence-electron chi connectivity index (χ1n) is 16.3. The summed E-state index contributed by atoms with van der Waals surface area (Å²) in [5.41, 5.74) is 4.18. The predicted molar refractivity (Wildman–Crippen MR) is 168 cm³/mol. The fourth-order valence-corrected chi connectivity index (χ4v) is 7.73. The van der Waals surface area contributed by atoms with Gasteiger partial charge in [0.15, 0.2) is 0 Å². The lowest BCUT2D eigenvalue weighted by Gasteiger charge is -2.41. The number of benzene rings is 2. The first kappa shape index (κ1) is 29.4. The van der Waals surface area contributed by atoms with Gasteiger partial charge in [-0.1, -0.05) is 57.9 Å². The molecule has 228 valence electrons. The number of morpholine rings is 1. The molecular weight excluding hydrogens is 527 g/mol. The van der Waals surface area contributed by atoms with Gasteiger partial charge in [0, 0.05) is 50.0 Å². The van der Waals surface area contributed by atoms with Crippen molar-refractivity contribution in [1.29, 1.82) is 0 Å². The molecule has 4 fully saturated rings. The molecule has 4 aliphatic rings. The number of hydrogen-bond acceptors (Lipinski definition) is 4. The Bertz CT molecular complexity index is 1200. The fourth-order valence-electron chi connectivity index (χ4n) is 7.73. The highest BCUT2D eigenvalue weighted by molar-refractivity contribution is 5.92. The summed E-state index contributed by atoms with van der Waals surface area (Å²) in [6.45, 7) is 11.0. The van der Waals surface area contributed by atoms with Crippen LogP contribution in [0.4, 0.5) is 20.6 Å². The van der Waals surface area contributed by atoms with Crippen LogP contribution in [-0.2, 0) is 16.7 Å². The summed E-state index contributed by atoms with van der Waals surface area (Å²) in [4.78, 5) is 20.3. The van der Waals surface area contributed by atoms with Crippen molar-refractivity contribution in [3.8, 4) is 0 Å². The van der Waals surface area contributed by atoms with Crippen LogP contribution in [0.3, 0.4) is 0 Å². The first-order chi connectivity index (χ1) is 20.2. The molecule has 6 rings (SSSR count). The van der Waals surface area contributed by atoms with E-state index >= 15 is 4.39 Å². The van der Waals surface area contributed by atoms with Gasteiger partial charge >= 0.3 is 6.03 Å². The molecule has 2 aromatic carbocycles. The maximum absolute atomic E-state index is 15.5. The Balaban J connectivity index is 1.15. The van der Waals surface area contributed by atoms with Crippen molar-refractivity contribution in [1.82, 2.24) is 10.2 Å². The van der Waals surface area contributed by atoms with Gasteiger partial charge in [-0.3, -0.25) is 9.80 Å². The van der Waals surface area contributed by atoms with Gasteiger partial charge in [-0.2, -0.15) is 0 Å². The van der Waals surface area contributed by atoms with Gasteiger partial charge in [-0.05, 0) is 79.2 Å². The van der Waals surface area contributed by atoms with Gasteiger partial charge < -0.3 is 15.0 Å². The molecule has 2 amide bonds. The minimum Gasteiger partial charge on any atom is -0.378 e. The zero-order chi connectivity index (χ0) is 29.3. The normalized spacial score (nSPS) is 25.1. The highest BCUT2D eigenvalue weighted by Gasteiger charge is 2.41. The van der Waals surface area contributed by atoms with E-state index in [0.29, 0.717) is 62.2 Å². The van der Waals surface area contributed by atoms with E-state index in [-0.39, 0.29) is 23.3 Å². The maximum atomic E-state index is 15.5. The summed E-state index contributed by atoms with van der Waals surface area (Å²) in [5, 5.41) is 3.29. The lowest BCUT2D eigenvalue weighted by molar-refractivity contribution is 0.0983. The van der Waals surface area contributed by atoms with Gasteiger partial charge in [0.2, 0.25) is 0 Å². The predicted octanol–water partition coefficient (Wildman–Crippen LogP) is 6.86. The van der Waals surface area contributed by atoms with Crippen molar-refractivity contribution in [3.63, 3.8) is 0 Å². The third-order valence-electron chi connectivity index (χ3n) is 10.1. The van der Waals surface area contributed by atoms with Gasteiger partial charge in [0.1, 0.15) is 5.82 Å². The minimum absolute atomic E-state index is 0.0749. The molecule has 7 heteroatoms. The van der Waals surface area contributed by atoms with Crippen molar-refractivity contribution in [2.75, 3.05) is 42.6 Å². The lowest BCUT2D eigenvalue weighted by Crippen LogP contribution is -2.49. The lowest BCUT2D eigenvalue weighted by atomic mass is 9.86. The number of amides is 2. The molecular formula is C35H49FN4O2. The third kappa shape index (κ3) is 6.62. The number of fused-ring (bicyclic) bond motifs is 2. The quantitative estimate of drug-likeness (QED) is 0.391. The van der Waals surface area contributed by atoms with E-state index in [0.717, 1.165) is 45.1 Å². The standard InChI is InChI=1S/C35H49FN4O2/c1-35(2,3)27-10-8-25(9-11-27)23-39-29-12-13-30(39)21-26(20-29)24-40(34(41)37-28-6-4-5-7-28)31-14-15-33(32(36)22-31)38-16-18-42-19-17-38/h8-11,14-15,22,26,28-30H,4-7,12-13,16-21,23-24H2,1-3H3,(H,37,41). The number of carbonyl (C=O) groups excluding carboxylic acids is 1. The van der Waals surface area contributed by atoms with E-state index in [9.17, 15) is 4.79 Å². The average molecular weight is 577 g/mol. The highest BCUT2D eigenvalue weighted by Crippen LogP contribution is 2.41. The second-order valence-corrected chi connectivity index (χ2v) is 14.1. The number of ether oxygens (including phenoxy) is 1. The highest BCUT2D eigenvalue weighted by atomic mass is 19.1. The van der Waals surface area contributed by atoms with Crippen LogP contribution >= 0.6 is 0 Å². The zero-order valence-corrected chi connectivity index (χ0v) is 25.8. The fraction of sp³-hybridized carbons (Fsp3) is 0.629. The number of nitrogens with zero attached hydrogens (tertiary/aromatic N) is 3. The largest absolute Gasteiger partial charge is 0.378 e. The molecule has 2 unspecified atom stereocenters. The molecule has 0 spiro atoms. The molecule has 3 heterocycles. The van der Waals surface area contributed by atoms with E-state index in [4.69, 9.17) is 4.74 Å². The molecule has 3 saturated heterocycles. The SMILES string of the molecule is CC(C)(C)c1ccc(CN2C3CCC2CC(CN(C(=O)NC2CCCC2)c2ccc(N4CCOCC4)c(F)c2)C3)cc1. The Morgan fingerprint density at radius 2 is 1.64 bits per heavy atom. The van der Waals surface area contributed by atoms with Crippen LogP contribution < -0.4 is 15.1 Å². The van der Waals surface area contributed by atoms with E-state index in [1.807, 2.05) is 21.9 Å². The minimum atomic E-state index is -0.263. The van der Waals surface area contributed by atoms with Crippen LogP contribution in [-0.4, -0.2) is 61.9 Å². The van der Waals surface area contributed by atoms with E-state index < -0.39 is 0 Å². The molecule has 0 aromatic heterocycles. The van der Waals surface area contributed by atoms with Crippen molar-refractivity contribution in [2.24, 2.45) is 5.92 Å². The summed E-state index contributed by atoms with van der Waals surface area (Å²) >= 11 is 0. The molecule has 6 nitrogen and oxygen atoms in total. The summed E-state index contributed by atoms with van der Waals surface area (Å²) in [6.07, 6.45) is 8.99. The number of rotatable bonds is 7. The molecule has 1 aliphatic carbocycles. The van der Waals surface area contributed by atoms with Crippen molar-refractivity contribution >= 4 is 17.4 Å². The molecule has 42 heavy (non-hydrogen) atoms. The molecule has 1 N–H and O–H groups in total. The monoisotopic (exact) mass is 576 g/mol. The number of nitrogens with one attached hydrogen (secondary N) is 1. The molecule has 2 atom stereocenters. The van der Waals surface area contributed by atoms with Crippen LogP contribution in [0.25, 0.3) is 0 Å².